The number of rotatable bonds is 1. The number of nitrogens with two attached hydrogens (primary N) is 2. The van der Waals surface area contributed by atoms with Crippen molar-refractivity contribution >= 4 is 23.2 Å². The van der Waals surface area contributed by atoms with Crippen LogP contribution in [0, 0.1) is 5.82 Å². The van der Waals surface area contributed by atoms with Gasteiger partial charge < -0.3 is 5.73 Å². The molecule has 5 N–H and O–H groups in total. The van der Waals surface area contributed by atoms with E-state index < -0.39 is 5.82 Å². The summed E-state index contributed by atoms with van der Waals surface area (Å²) in [6.45, 7) is 0. The van der Waals surface area contributed by atoms with E-state index in [4.69, 9.17) is 23.2 Å². The molecule has 6 heteroatoms. The molecule has 0 fully saturated rings. The highest BCUT2D eigenvalue weighted by molar-refractivity contribution is 6.30. The molecule has 0 saturated carbocycles. The Morgan fingerprint density at radius 3 is 2.69 bits per heavy atom. The van der Waals surface area contributed by atoms with Gasteiger partial charge in [0.2, 0.25) is 5.96 Å². The van der Waals surface area contributed by atoms with Crippen LogP contribution in [0.3, 0.4) is 0 Å². The van der Waals surface area contributed by atoms with Crippen LogP contribution in [0.25, 0.3) is 0 Å². The summed E-state index contributed by atoms with van der Waals surface area (Å²) in [4.78, 5) is 3.73. The van der Waals surface area contributed by atoms with Gasteiger partial charge in [-0.15, -0.1) is 0 Å². The average molecular weight is 203 g/mol. The van der Waals surface area contributed by atoms with Gasteiger partial charge in [-0.1, -0.05) is 11.6 Å². The molecule has 1 aromatic rings. The molecule has 0 unspecified atom stereocenters. The number of aliphatic imine (C=N–C) groups is 1. The SMILES string of the molecule is NNC(N)=Nc1cc(F)cc(Cl)c1. The van der Waals surface area contributed by atoms with Gasteiger partial charge in [-0.05, 0) is 18.2 Å². The molecular weight excluding hydrogens is 195 g/mol. The van der Waals surface area contributed by atoms with Crippen LogP contribution >= 0.6 is 11.6 Å². The van der Waals surface area contributed by atoms with E-state index in [1.165, 1.54) is 18.2 Å². The van der Waals surface area contributed by atoms with Crippen molar-refractivity contribution in [3.8, 4) is 0 Å². The second-order valence-corrected chi connectivity index (χ2v) is 2.71. The summed E-state index contributed by atoms with van der Waals surface area (Å²) in [5.74, 6) is 4.48. The lowest BCUT2D eigenvalue weighted by molar-refractivity contribution is 0.628. The third kappa shape index (κ3) is 2.89. The Kier molecular flexibility index (Phi) is 3.05. The fourth-order valence-corrected chi connectivity index (χ4v) is 0.991. The zero-order chi connectivity index (χ0) is 9.84. The maximum atomic E-state index is 12.7. The van der Waals surface area contributed by atoms with Gasteiger partial charge >= 0.3 is 0 Å². The fourth-order valence-electron chi connectivity index (χ4n) is 0.775. The molecule has 0 aliphatic heterocycles. The Bertz CT molecular complexity index is 319. The number of nitrogens with zero attached hydrogens (tertiary/aromatic N) is 1. The first kappa shape index (κ1) is 9.76. The van der Waals surface area contributed by atoms with Crippen LogP contribution in [0.5, 0.6) is 0 Å². The van der Waals surface area contributed by atoms with E-state index in [-0.39, 0.29) is 11.0 Å². The van der Waals surface area contributed by atoms with Gasteiger partial charge in [0.05, 0.1) is 5.69 Å². The predicted molar refractivity (Wildman–Crippen MR) is 50.0 cm³/mol. The zero-order valence-electron chi connectivity index (χ0n) is 6.59. The maximum Gasteiger partial charge on any atom is 0.208 e. The molecule has 0 aromatic heterocycles. The lowest BCUT2D eigenvalue weighted by Crippen LogP contribution is -2.36. The normalized spacial score (nSPS) is 11.5. The molecule has 0 saturated heterocycles. The van der Waals surface area contributed by atoms with Gasteiger partial charge in [0.15, 0.2) is 0 Å². The van der Waals surface area contributed by atoms with Crippen molar-refractivity contribution < 1.29 is 4.39 Å². The number of benzene rings is 1. The second kappa shape index (κ2) is 4.06. The number of guanidine groups is 1. The molecule has 0 aliphatic carbocycles. The first-order valence-electron chi connectivity index (χ1n) is 3.38. The van der Waals surface area contributed by atoms with Crippen molar-refractivity contribution in [2.75, 3.05) is 0 Å². The van der Waals surface area contributed by atoms with Crippen LogP contribution in [0.1, 0.15) is 0 Å². The lowest BCUT2D eigenvalue weighted by atomic mass is 10.3. The van der Waals surface area contributed by atoms with Gasteiger partial charge in [-0.2, -0.15) is 0 Å². The zero-order valence-corrected chi connectivity index (χ0v) is 7.35. The summed E-state index contributed by atoms with van der Waals surface area (Å²) in [5, 5.41) is 0.253. The van der Waals surface area contributed by atoms with E-state index in [0.29, 0.717) is 5.69 Å². The molecule has 13 heavy (non-hydrogen) atoms. The van der Waals surface area contributed by atoms with Crippen LogP contribution in [0.4, 0.5) is 10.1 Å². The summed E-state index contributed by atoms with van der Waals surface area (Å²) in [7, 11) is 0. The molecule has 0 bridgehead atoms. The Balaban J connectivity index is 3.02. The van der Waals surface area contributed by atoms with E-state index in [0.717, 1.165) is 0 Å². The monoisotopic (exact) mass is 202 g/mol. The summed E-state index contributed by atoms with van der Waals surface area (Å²) in [5.41, 5.74) is 7.67. The van der Waals surface area contributed by atoms with E-state index in [9.17, 15) is 4.39 Å². The highest BCUT2D eigenvalue weighted by atomic mass is 35.5. The molecule has 0 heterocycles. The van der Waals surface area contributed by atoms with Crippen molar-refractivity contribution in [1.29, 1.82) is 0 Å². The maximum absolute atomic E-state index is 12.7. The Hall–Kier alpha value is -1.33. The largest absolute Gasteiger partial charge is 0.369 e. The summed E-state index contributed by atoms with van der Waals surface area (Å²) >= 11 is 5.58. The van der Waals surface area contributed by atoms with Crippen LogP contribution < -0.4 is 17.0 Å². The molecule has 0 radical (unpaired) electrons. The Morgan fingerprint density at radius 1 is 1.46 bits per heavy atom. The van der Waals surface area contributed by atoms with Gasteiger partial charge in [-0.25, -0.2) is 15.2 Å². The predicted octanol–water partition coefficient (Wildman–Crippen LogP) is 0.889. The molecular formula is C7H8ClFN4. The molecule has 1 rings (SSSR count). The first-order valence-corrected chi connectivity index (χ1v) is 3.76. The molecule has 1 aromatic carbocycles. The average Bonchev–Trinajstić information content (AvgIpc) is 2.02. The molecule has 70 valence electrons. The standard InChI is InChI=1S/C7H8ClFN4/c8-4-1-5(9)3-6(2-4)12-7(10)13-11/h1-3H,11H2,(H3,10,12,13). The summed E-state index contributed by atoms with van der Waals surface area (Å²) in [6.07, 6.45) is 0. The molecule has 0 amide bonds. The van der Waals surface area contributed by atoms with Gasteiger partial charge in [0.1, 0.15) is 5.82 Å². The second-order valence-electron chi connectivity index (χ2n) is 2.27. The smallest absolute Gasteiger partial charge is 0.208 e. The highest BCUT2D eigenvalue weighted by Gasteiger charge is 1.98. The van der Waals surface area contributed by atoms with E-state index >= 15 is 0 Å². The van der Waals surface area contributed by atoms with Crippen molar-refractivity contribution in [3.05, 3.63) is 29.0 Å². The number of halogens is 2. The lowest BCUT2D eigenvalue weighted by Gasteiger charge is -1.99. The quantitative estimate of drug-likeness (QED) is 0.274. The van der Waals surface area contributed by atoms with Gasteiger partial charge in [-0.3, -0.25) is 5.43 Å². The van der Waals surface area contributed by atoms with Crippen LogP contribution in [-0.4, -0.2) is 5.96 Å². The Labute approximate surface area is 79.4 Å². The van der Waals surface area contributed by atoms with Crippen LogP contribution in [0.15, 0.2) is 23.2 Å². The summed E-state index contributed by atoms with van der Waals surface area (Å²) in [6, 6.07) is 3.83. The molecule has 0 atom stereocenters. The van der Waals surface area contributed by atoms with Gasteiger partial charge in [0.25, 0.3) is 0 Å². The molecule has 0 spiro atoms. The minimum atomic E-state index is -0.476. The Morgan fingerprint density at radius 2 is 2.15 bits per heavy atom. The number of hydrogen-bond acceptors (Lipinski definition) is 2. The minimum absolute atomic E-state index is 0.0123. The number of hydrogen-bond donors (Lipinski definition) is 3. The molecule has 4 nitrogen and oxygen atoms in total. The van der Waals surface area contributed by atoms with E-state index in [2.05, 4.69) is 10.4 Å². The number of nitrogens with one attached hydrogen (secondary N) is 1. The number of hydrazine groups is 1. The van der Waals surface area contributed by atoms with Crippen molar-refractivity contribution in [1.82, 2.24) is 5.43 Å². The van der Waals surface area contributed by atoms with Crippen LogP contribution in [0.2, 0.25) is 5.02 Å². The highest BCUT2D eigenvalue weighted by Crippen LogP contribution is 2.20. The van der Waals surface area contributed by atoms with Gasteiger partial charge in [0, 0.05) is 5.02 Å². The molecule has 0 aliphatic rings. The van der Waals surface area contributed by atoms with Crippen molar-refractivity contribution in [2.45, 2.75) is 0 Å². The van der Waals surface area contributed by atoms with Crippen molar-refractivity contribution in [2.24, 2.45) is 16.6 Å². The van der Waals surface area contributed by atoms with E-state index in [1.54, 1.807) is 0 Å². The summed E-state index contributed by atoms with van der Waals surface area (Å²) < 4.78 is 12.7. The fraction of sp³-hybridized carbons (Fsp3) is 0. The van der Waals surface area contributed by atoms with Crippen LogP contribution in [-0.2, 0) is 0 Å². The topological polar surface area (TPSA) is 76.4 Å². The van der Waals surface area contributed by atoms with Crippen molar-refractivity contribution in [3.63, 3.8) is 0 Å². The minimum Gasteiger partial charge on any atom is -0.369 e. The first-order chi connectivity index (χ1) is 6.11. The third-order valence-corrected chi connectivity index (χ3v) is 1.46. The van der Waals surface area contributed by atoms with E-state index in [1.807, 2.05) is 0 Å². The third-order valence-electron chi connectivity index (χ3n) is 1.24.